The molecule has 5 nitrogen and oxygen atoms in total. The van der Waals surface area contributed by atoms with Gasteiger partial charge in [-0.3, -0.25) is 0 Å². The second kappa shape index (κ2) is 6.33. The lowest BCUT2D eigenvalue weighted by atomic mass is 10.2. The number of amides is 2. The van der Waals surface area contributed by atoms with Crippen molar-refractivity contribution in [2.75, 3.05) is 18.5 Å². The first-order valence-electron chi connectivity index (χ1n) is 6.29. The van der Waals surface area contributed by atoms with Crippen LogP contribution >= 0.6 is 23.2 Å². The monoisotopic (exact) mass is 314 g/mol. The lowest BCUT2D eigenvalue weighted by molar-refractivity contribution is 0.251. The Bertz CT molecular complexity index is 543. The molecule has 20 heavy (non-hydrogen) atoms. The number of hydrogen-bond acceptors (Lipinski definition) is 1. The normalized spacial score (nSPS) is 15.1. The molecule has 0 spiro atoms. The summed E-state index contributed by atoms with van der Waals surface area (Å²) in [7, 11) is 1.50. The molecule has 0 unspecified atom stereocenters. The molecular weight excluding hydrogens is 299 g/mol. The quantitative estimate of drug-likeness (QED) is 0.665. The number of carbonyl (C=O) groups excluding carboxylic acids is 1. The molecule has 1 aliphatic rings. The maximum absolute atomic E-state index is 11.3. The van der Waals surface area contributed by atoms with E-state index in [1.54, 1.807) is 23.1 Å². The van der Waals surface area contributed by atoms with Crippen molar-refractivity contribution in [3.63, 3.8) is 0 Å². The minimum Gasteiger partial charge on any atom is -0.369 e. The zero-order chi connectivity index (χ0) is 14.7. The van der Waals surface area contributed by atoms with Crippen LogP contribution in [0, 0.1) is 5.92 Å². The van der Waals surface area contributed by atoms with Crippen molar-refractivity contribution in [3.8, 4) is 0 Å². The summed E-state index contributed by atoms with van der Waals surface area (Å²) in [5.74, 6) is 0.681. The number of benzene rings is 1. The smallest absolute Gasteiger partial charge is 0.343 e. The maximum Gasteiger partial charge on any atom is 0.343 e. The first-order chi connectivity index (χ1) is 9.51. The van der Waals surface area contributed by atoms with Gasteiger partial charge in [-0.1, -0.05) is 23.2 Å². The zero-order valence-corrected chi connectivity index (χ0v) is 12.6. The van der Waals surface area contributed by atoms with Crippen LogP contribution < -0.4 is 16.0 Å². The molecule has 1 saturated carbocycles. The van der Waals surface area contributed by atoms with Crippen molar-refractivity contribution in [1.82, 2.24) is 5.32 Å². The van der Waals surface area contributed by atoms with Crippen LogP contribution in [-0.4, -0.2) is 25.6 Å². The minimum absolute atomic E-state index is 0.125. The van der Waals surface area contributed by atoms with Gasteiger partial charge in [-0.05, 0) is 37.0 Å². The number of nitrogens with two attached hydrogens (primary N) is 1. The van der Waals surface area contributed by atoms with E-state index in [1.165, 1.54) is 7.05 Å². The van der Waals surface area contributed by atoms with Crippen LogP contribution in [0.15, 0.2) is 23.2 Å². The molecule has 1 aliphatic carbocycles. The molecule has 0 heterocycles. The van der Waals surface area contributed by atoms with Crippen molar-refractivity contribution < 1.29 is 4.79 Å². The molecule has 2 rings (SSSR count). The van der Waals surface area contributed by atoms with Crippen LogP contribution in [0.4, 0.5) is 10.5 Å². The van der Waals surface area contributed by atoms with Crippen LogP contribution in [0.2, 0.25) is 10.0 Å². The molecule has 0 aromatic heterocycles. The number of aliphatic imine (C=N–C) groups is 1. The Hall–Kier alpha value is -1.46. The van der Waals surface area contributed by atoms with Crippen LogP contribution in [0.25, 0.3) is 0 Å². The predicted octanol–water partition coefficient (Wildman–Crippen LogP) is 2.86. The van der Waals surface area contributed by atoms with E-state index >= 15 is 0 Å². The fourth-order valence-corrected chi connectivity index (χ4v) is 2.30. The van der Waals surface area contributed by atoms with Gasteiger partial charge >= 0.3 is 6.03 Å². The van der Waals surface area contributed by atoms with Crippen molar-refractivity contribution >= 4 is 40.9 Å². The molecule has 0 radical (unpaired) electrons. The van der Waals surface area contributed by atoms with E-state index < -0.39 is 6.03 Å². The van der Waals surface area contributed by atoms with Gasteiger partial charge in [0.25, 0.3) is 0 Å². The first kappa shape index (κ1) is 14.9. The topological polar surface area (TPSA) is 70.7 Å². The van der Waals surface area contributed by atoms with Crippen molar-refractivity contribution in [1.29, 1.82) is 0 Å². The van der Waals surface area contributed by atoms with Crippen LogP contribution in [-0.2, 0) is 0 Å². The average molecular weight is 315 g/mol. The van der Waals surface area contributed by atoms with Crippen LogP contribution in [0.5, 0.6) is 0 Å². The number of halogens is 2. The number of urea groups is 1. The van der Waals surface area contributed by atoms with Gasteiger partial charge in [0.05, 0.1) is 10.7 Å². The van der Waals surface area contributed by atoms with E-state index in [-0.39, 0.29) is 5.96 Å². The number of anilines is 1. The molecule has 3 N–H and O–H groups in total. The van der Waals surface area contributed by atoms with Crippen molar-refractivity contribution in [2.24, 2.45) is 16.6 Å². The van der Waals surface area contributed by atoms with E-state index in [0.717, 1.165) is 12.8 Å². The van der Waals surface area contributed by atoms with Gasteiger partial charge in [-0.2, -0.15) is 4.99 Å². The van der Waals surface area contributed by atoms with E-state index in [1.807, 2.05) is 0 Å². The Morgan fingerprint density at radius 2 is 2.20 bits per heavy atom. The Balaban J connectivity index is 2.30. The zero-order valence-electron chi connectivity index (χ0n) is 11.1. The summed E-state index contributed by atoms with van der Waals surface area (Å²) in [5, 5.41) is 3.44. The molecule has 108 valence electrons. The number of carbonyl (C=O) groups is 1. The Labute approximate surface area is 127 Å². The van der Waals surface area contributed by atoms with Gasteiger partial charge in [0, 0.05) is 18.6 Å². The number of nitrogens with zero attached hydrogens (tertiary/aromatic N) is 2. The molecule has 1 aromatic rings. The molecule has 0 saturated heterocycles. The molecule has 7 heteroatoms. The largest absolute Gasteiger partial charge is 0.369 e. The van der Waals surface area contributed by atoms with E-state index in [4.69, 9.17) is 28.9 Å². The van der Waals surface area contributed by atoms with Gasteiger partial charge in [0.2, 0.25) is 5.96 Å². The molecule has 1 aromatic carbocycles. The Morgan fingerprint density at radius 1 is 1.50 bits per heavy atom. The van der Waals surface area contributed by atoms with Gasteiger partial charge < -0.3 is 16.0 Å². The summed E-state index contributed by atoms with van der Waals surface area (Å²) < 4.78 is 0. The summed E-state index contributed by atoms with van der Waals surface area (Å²) in [6.45, 7) is 0.688. The summed E-state index contributed by atoms with van der Waals surface area (Å²) in [5.41, 5.74) is 6.63. The Morgan fingerprint density at radius 3 is 2.75 bits per heavy atom. The summed E-state index contributed by atoms with van der Waals surface area (Å²) >= 11 is 12.1. The Kier molecular flexibility index (Phi) is 4.73. The number of nitrogens with one attached hydrogen (secondary N) is 1. The van der Waals surface area contributed by atoms with E-state index in [9.17, 15) is 4.79 Å². The van der Waals surface area contributed by atoms with Crippen molar-refractivity contribution in [3.05, 3.63) is 28.2 Å². The molecule has 0 atom stereocenters. The van der Waals surface area contributed by atoms with Gasteiger partial charge in [0.1, 0.15) is 0 Å². The summed E-state index contributed by atoms with van der Waals surface area (Å²) in [6, 6.07) is 4.66. The summed E-state index contributed by atoms with van der Waals surface area (Å²) in [6.07, 6.45) is 2.30. The maximum atomic E-state index is 11.3. The number of guanidine groups is 1. The first-order valence-corrected chi connectivity index (χ1v) is 7.05. The molecule has 2 amide bonds. The lowest BCUT2D eigenvalue weighted by Crippen LogP contribution is -2.40. The third-order valence-corrected chi connectivity index (χ3v) is 3.58. The number of hydrogen-bond donors (Lipinski definition) is 2. The van der Waals surface area contributed by atoms with Gasteiger partial charge in [0.15, 0.2) is 0 Å². The second-order valence-corrected chi connectivity index (χ2v) is 5.52. The highest BCUT2D eigenvalue weighted by Gasteiger charge is 2.27. The number of rotatable bonds is 3. The molecular formula is C13H16Cl2N4O. The van der Waals surface area contributed by atoms with E-state index in [2.05, 4.69) is 10.3 Å². The fourth-order valence-electron chi connectivity index (χ4n) is 1.79. The summed E-state index contributed by atoms with van der Waals surface area (Å²) in [4.78, 5) is 16.9. The SMILES string of the molecule is CNC(=O)N=C(N)N(CC1CC1)c1ccc(Cl)cc1Cl. The third kappa shape index (κ3) is 3.77. The highest BCUT2D eigenvalue weighted by molar-refractivity contribution is 6.36. The lowest BCUT2D eigenvalue weighted by Gasteiger charge is -2.24. The predicted molar refractivity (Wildman–Crippen MR) is 82.6 cm³/mol. The highest BCUT2D eigenvalue weighted by Crippen LogP contribution is 2.34. The second-order valence-electron chi connectivity index (χ2n) is 4.67. The standard InChI is InChI=1S/C13H16Cl2N4O/c1-17-13(20)18-12(16)19(7-8-2-3-8)11-5-4-9(14)6-10(11)15/h4-6,8H,2-3,7H2,1H3,(H3,16,17,18,20). The molecule has 0 aliphatic heterocycles. The molecule has 1 fully saturated rings. The minimum atomic E-state index is -0.492. The molecule has 0 bridgehead atoms. The average Bonchev–Trinajstić information content (AvgIpc) is 3.20. The van der Waals surface area contributed by atoms with Gasteiger partial charge in [-0.15, -0.1) is 0 Å². The third-order valence-electron chi connectivity index (χ3n) is 3.04. The van der Waals surface area contributed by atoms with E-state index in [0.29, 0.717) is 28.2 Å². The fraction of sp³-hybridized carbons (Fsp3) is 0.385. The van der Waals surface area contributed by atoms with Gasteiger partial charge in [-0.25, -0.2) is 4.79 Å². The van der Waals surface area contributed by atoms with Crippen LogP contribution in [0.3, 0.4) is 0 Å². The van der Waals surface area contributed by atoms with Crippen LogP contribution in [0.1, 0.15) is 12.8 Å². The highest BCUT2D eigenvalue weighted by atomic mass is 35.5. The van der Waals surface area contributed by atoms with Crippen molar-refractivity contribution in [2.45, 2.75) is 12.8 Å².